The minimum atomic E-state index is -0.759. The number of aliphatic carboxylic acids is 1. The molecule has 0 saturated carbocycles. The van der Waals surface area contributed by atoms with Crippen molar-refractivity contribution in [2.45, 2.75) is 33.1 Å². The standard InChI is InChI=1S/C9H16O2/c1-3-5-8(2)6-4-7-9(10)11/h4,6,8H,3,5,7H2,1-2H3,(H,10,11). The van der Waals surface area contributed by atoms with Gasteiger partial charge in [0.15, 0.2) is 0 Å². The minimum Gasteiger partial charge on any atom is -0.481 e. The van der Waals surface area contributed by atoms with Crippen LogP contribution in [0, 0.1) is 5.92 Å². The van der Waals surface area contributed by atoms with E-state index in [2.05, 4.69) is 13.8 Å². The molecule has 0 aliphatic carbocycles. The lowest BCUT2D eigenvalue weighted by atomic mass is 10.1. The molecule has 0 saturated heterocycles. The first-order chi connectivity index (χ1) is 5.16. The molecule has 0 bridgehead atoms. The Morgan fingerprint density at radius 2 is 2.27 bits per heavy atom. The highest BCUT2D eigenvalue weighted by atomic mass is 16.4. The first-order valence-corrected chi connectivity index (χ1v) is 4.05. The number of carboxylic acid groups (broad SMARTS) is 1. The first kappa shape index (κ1) is 10.2. The fraction of sp³-hybridized carbons (Fsp3) is 0.667. The van der Waals surface area contributed by atoms with E-state index in [9.17, 15) is 4.79 Å². The van der Waals surface area contributed by atoms with E-state index in [-0.39, 0.29) is 6.42 Å². The average molecular weight is 156 g/mol. The maximum atomic E-state index is 10.1. The summed E-state index contributed by atoms with van der Waals surface area (Å²) in [6.45, 7) is 4.23. The zero-order chi connectivity index (χ0) is 8.69. The van der Waals surface area contributed by atoms with E-state index in [0.29, 0.717) is 5.92 Å². The molecule has 0 spiro atoms. The summed E-state index contributed by atoms with van der Waals surface area (Å²) in [5.74, 6) is -0.246. The molecule has 0 aromatic rings. The van der Waals surface area contributed by atoms with Crippen LogP contribution in [-0.4, -0.2) is 11.1 Å². The molecule has 1 atom stereocenters. The maximum absolute atomic E-state index is 10.1. The van der Waals surface area contributed by atoms with Crippen molar-refractivity contribution in [3.63, 3.8) is 0 Å². The highest BCUT2D eigenvalue weighted by Gasteiger charge is 1.94. The van der Waals surface area contributed by atoms with Gasteiger partial charge in [0.2, 0.25) is 0 Å². The van der Waals surface area contributed by atoms with Gasteiger partial charge >= 0.3 is 5.97 Å². The summed E-state index contributed by atoms with van der Waals surface area (Å²) in [5, 5.41) is 8.31. The van der Waals surface area contributed by atoms with Gasteiger partial charge < -0.3 is 5.11 Å². The molecule has 0 aliphatic rings. The Kier molecular flexibility index (Phi) is 5.53. The van der Waals surface area contributed by atoms with Gasteiger partial charge in [-0.25, -0.2) is 0 Å². The third-order valence-corrected chi connectivity index (χ3v) is 1.50. The first-order valence-electron chi connectivity index (χ1n) is 4.05. The molecule has 0 aromatic heterocycles. The van der Waals surface area contributed by atoms with Gasteiger partial charge in [0.1, 0.15) is 0 Å². The minimum absolute atomic E-state index is 0.147. The predicted octanol–water partition coefficient (Wildman–Crippen LogP) is 2.45. The van der Waals surface area contributed by atoms with Crippen LogP contribution in [0.3, 0.4) is 0 Å². The highest BCUT2D eigenvalue weighted by Crippen LogP contribution is 2.06. The van der Waals surface area contributed by atoms with Gasteiger partial charge in [-0.05, 0) is 12.3 Å². The second kappa shape index (κ2) is 5.96. The maximum Gasteiger partial charge on any atom is 0.307 e. The summed E-state index contributed by atoms with van der Waals surface area (Å²) < 4.78 is 0. The molecule has 0 radical (unpaired) electrons. The van der Waals surface area contributed by atoms with Crippen LogP contribution in [0.4, 0.5) is 0 Å². The normalized spacial score (nSPS) is 13.6. The van der Waals surface area contributed by atoms with Crippen molar-refractivity contribution >= 4 is 5.97 Å². The molecule has 0 aromatic carbocycles. The lowest BCUT2D eigenvalue weighted by Crippen LogP contribution is -1.92. The number of carbonyl (C=O) groups is 1. The van der Waals surface area contributed by atoms with Gasteiger partial charge in [-0.15, -0.1) is 0 Å². The quantitative estimate of drug-likeness (QED) is 0.621. The predicted molar refractivity (Wildman–Crippen MR) is 45.5 cm³/mol. The van der Waals surface area contributed by atoms with Crippen LogP contribution >= 0.6 is 0 Å². The summed E-state index contributed by atoms with van der Waals surface area (Å²) >= 11 is 0. The van der Waals surface area contributed by atoms with E-state index in [0.717, 1.165) is 12.8 Å². The van der Waals surface area contributed by atoms with Crippen molar-refractivity contribution in [3.05, 3.63) is 12.2 Å². The Bertz CT molecular complexity index is 138. The third-order valence-electron chi connectivity index (χ3n) is 1.50. The van der Waals surface area contributed by atoms with E-state index >= 15 is 0 Å². The number of hydrogen-bond acceptors (Lipinski definition) is 1. The van der Waals surface area contributed by atoms with Crippen molar-refractivity contribution in [1.29, 1.82) is 0 Å². The Morgan fingerprint density at radius 1 is 1.64 bits per heavy atom. The van der Waals surface area contributed by atoms with E-state index in [1.54, 1.807) is 6.08 Å². The van der Waals surface area contributed by atoms with E-state index in [1.165, 1.54) is 0 Å². The van der Waals surface area contributed by atoms with Crippen LogP contribution in [0.2, 0.25) is 0 Å². The fourth-order valence-corrected chi connectivity index (χ4v) is 0.953. The Morgan fingerprint density at radius 3 is 2.73 bits per heavy atom. The largest absolute Gasteiger partial charge is 0.481 e. The fourth-order valence-electron chi connectivity index (χ4n) is 0.953. The Balaban J connectivity index is 3.47. The highest BCUT2D eigenvalue weighted by molar-refractivity contribution is 5.68. The molecule has 0 amide bonds. The number of allylic oxidation sites excluding steroid dienone is 1. The van der Waals surface area contributed by atoms with Crippen molar-refractivity contribution < 1.29 is 9.90 Å². The van der Waals surface area contributed by atoms with Crippen LogP contribution in [0.1, 0.15) is 33.1 Å². The van der Waals surface area contributed by atoms with E-state index < -0.39 is 5.97 Å². The molecule has 0 heterocycles. The molecular formula is C9H16O2. The molecule has 11 heavy (non-hydrogen) atoms. The van der Waals surface area contributed by atoms with Crippen LogP contribution in [0.25, 0.3) is 0 Å². The van der Waals surface area contributed by atoms with Gasteiger partial charge in [0.05, 0.1) is 6.42 Å². The smallest absolute Gasteiger partial charge is 0.307 e. The zero-order valence-corrected chi connectivity index (χ0v) is 7.21. The summed E-state index contributed by atoms with van der Waals surface area (Å²) in [6, 6.07) is 0. The summed E-state index contributed by atoms with van der Waals surface area (Å²) in [7, 11) is 0. The molecule has 0 fully saturated rings. The molecule has 2 heteroatoms. The van der Waals surface area contributed by atoms with Gasteiger partial charge in [-0.3, -0.25) is 4.79 Å². The lowest BCUT2D eigenvalue weighted by molar-refractivity contribution is -0.136. The lowest BCUT2D eigenvalue weighted by Gasteiger charge is -2.00. The Hall–Kier alpha value is -0.790. The van der Waals surface area contributed by atoms with E-state index in [1.807, 2.05) is 6.08 Å². The number of carboxylic acids is 1. The molecule has 2 nitrogen and oxygen atoms in total. The molecule has 0 aliphatic heterocycles. The van der Waals surface area contributed by atoms with E-state index in [4.69, 9.17) is 5.11 Å². The third kappa shape index (κ3) is 7.10. The van der Waals surface area contributed by atoms with Gasteiger partial charge in [0.25, 0.3) is 0 Å². The Labute approximate surface area is 67.9 Å². The van der Waals surface area contributed by atoms with Crippen LogP contribution in [-0.2, 0) is 4.79 Å². The van der Waals surface area contributed by atoms with Crippen LogP contribution in [0.5, 0.6) is 0 Å². The molecular weight excluding hydrogens is 140 g/mol. The summed E-state index contributed by atoms with van der Waals surface area (Å²) in [5.41, 5.74) is 0. The zero-order valence-electron chi connectivity index (χ0n) is 7.21. The van der Waals surface area contributed by atoms with Gasteiger partial charge in [-0.2, -0.15) is 0 Å². The molecule has 0 rings (SSSR count). The number of rotatable bonds is 5. The monoisotopic (exact) mass is 156 g/mol. The topological polar surface area (TPSA) is 37.3 Å². The van der Waals surface area contributed by atoms with Crippen LogP contribution < -0.4 is 0 Å². The van der Waals surface area contributed by atoms with Crippen molar-refractivity contribution in [2.24, 2.45) is 5.92 Å². The van der Waals surface area contributed by atoms with Gasteiger partial charge in [0, 0.05) is 0 Å². The van der Waals surface area contributed by atoms with Gasteiger partial charge in [-0.1, -0.05) is 32.4 Å². The second-order valence-corrected chi connectivity index (χ2v) is 2.79. The van der Waals surface area contributed by atoms with Crippen molar-refractivity contribution in [3.8, 4) is 0 Å². The molecule has 1 N–H and O–H groups in total. The molecule has 64 valence electrons. The number of hydrogen-bond donors (Lipinski definition) is 1. The summed E-state index contributed by atoms with van der Waals surface area (Å²) in [4.78, 5) is 10.1. The van der Waals surface area contributed by atoms with Crippen molar-refractivity contribution in [1.82, 2.24) is 0 Å². The SMILES string of the molecule is CCCC(C)C=CCC(=O)O. The second-order valence-electron chi connectivity index (χ2n) is 2.79. The van der Waals surface area contributed by atoms with Crippen LogP contribution in [0.15, 0.2) is 12.2 Å². The molecule has 1 unspecified atom stereocenters. The van der Waals surface area contributed by atoms with Crippen molar-refractivity contribution in [2.75, 3.05) is 0 Å². The summed E-state index contributed by atoms with van der Waals surface area (Å²) in [6.07, 6.45) is 6.13. The average Bonchev–Trinajstić information content (AvgIpc) is 1.87.